The lowest BCUT2D eigenvalue weighted by molar-refractivity contribution is 0.102. The van der Waals surface area contributed by atoms with Crippen molar-refractivity contribution in [1.29, 1.82) is 0 Å². The molecule has 0 radical (unpaired) electrons. The molecule has 0 heterocycles. The van der Waals surface area contributed by atoms with Crippen molar-refractivity contribution in [2.45, 2.75) is 11.3 Å². The van der Waals surface area contributed by atoms with Gasteiger partial charge in [-0.25, -0.2) is 8.42 Å². The second-order valence-corrected chi connectivity index (χ2v) is 8.47. The lowest BCUT2D eigenvalue weighted by atomic mass is 10.1. The van der Waals surface area contributed by atoms with Crippen LogP contribution in [0.2, 0.25) is 0 Å². The Labute approximate surface area is 152 Å². The normalized spacial score (nSPS) is 12.3. The summed E-state index contributed by atoms with van der Waals surface area (Å²) in [6, 6.07) is 20.1. The number of anilines is 1. The quantitative estimate of drug-likeness (QED) is 0.600. The van der Waals surface area contributed by atoms with Crippen LogP contribution in [0.4, 0.5) is 5.69 Å². The van der Waals surface area contributed by atoms with Gasteiger partial charge in [0.05, 0.1) is 4.90 Å². The van der Waals surface area contributed by atoms with Gasteiger partial charge in [0, 0.05) is 17.5 Å². The minimum Gasteiger partial charge on any atom is -0.322 e. The number of benzene rings is 3. The predicted octanol–water partition coefficient (Wildman–Crippen LogP) is 3.91. The molecular weight excluding hydrogens is 346 g/mol. The highest BCUT2D eigenvalue weighted by Crippen LogP contribution is 2.37. The molecule has 130 valence electrons. The van der Waals surface area contributed by atoms with E-state index in [-0.39, 0.29) is 10.8 Å². The van der Waals surface area contributed by atoms with Crippen molar-refractivity contribution in [3.63, 3.8) is 0 Å². The largest absolute Gasteiger partial charge is 0.322 e. The smallest absolute Gasteiger partial charge is 0.255 e. The van der Waals surface area contributed by atoms with Crippen LogP contribution in [-0.2, 0) is 16.3 Å². The summed E-state index contributed by atoms with van der Waals surface area (Å²) in [4.78, 5) is 12.7. The molecule has 0 unspecified atom stereocenters. The molecule has 0 aromatic heterocycles. The summed E-state index contributed by atoms with van der Waals surface area (Å²) in [5, 5.41) is 2.89. The van der Waals surface area contributed by atoms with Crippen LogP contribution in [0.25, 0.3) is 11.1 Å². The van der Waals surface area contributed by atoms with E-state index >= 15 is 0 Å². The average Bonchev–Trinajstić information content (AvgIpc) is 2.99. The number of sulfone groups is 1. The Morgan fingerprint density at radius 3 is 2.31 bits per heavy atom. The fraction of sp³-hybridized carbons (Fsp3) is 0.0952. The minimum absolute atomic E-state index is 0.197. The van der Waals surface area contributed by atoms with Gasteiger partial charge in [0.2, 0.25) is 0 Å². The Morgan fingerprint density at radius 1 is 0.885 bits per heavy atom. The first kappa shape index (κ1) is 16.5. The molecule has 1 aliphatic carbocycles. The Morgan fingerprint density at radius 2 is 1.58 bits per heavy atom. The van der Waals surface area contributed by atoms with Crippen molar-refractivity contribution in [3.8, 4) is 11.1 Å². The molecule has 4 nitrogen and oxygen atoms in total. The minimum atomic E-state index is -3.27. The number of hydrogen-bond donors (Lipinski definition) is 1. The molecule has 0 saturated heterocycles. The third-order valence-corrected chi connectivity index (χ3v) is 5.73. The van der Waals surface area contributed by atoms with Crippen molar-refractivity contribution < 1.29 is 13.2 Å². The number of carbonyl (C=O) groups is 1. The number of nitrogens with one attached hydrogen (secondary N) is 1. The summed E-state index contributed by atoms with van der Waals surface area (Å²) in [6.07, 6.45) is 2.05. The molecule has 1 N–H and O–H groups in total. The summed E-state index contributed by atoms with van der Waals surface area (Å²) in [7, 11) is -3.27. The van der Waals surface area contributed by atoms with E-state index in [2.05, 4.69) is 17.4 Å². The summed E-state index contributed by atoms with van der Waals surface area (Å²) < 4.78 is 23.0. The maximum Gasteiger partial charge on any atom is 0.255 e. The highest BCUT2D eigenvalue weighted by molar-refractivity contribution is 7.90. The molecule has 3 aromatic rings. The third kappa shape index (κ3) is 3.02. The van der Waals surface area contributed by atoms with Gasteiger partial charge < -0.3 is 5.32 Å². The Bertz CT molecular complexity index is 1120. The van der Waals surface area contributed by atoms with Crippen molar-refractivity contribution in [2.24, 2.45) is 0 Å². The molecule has 1 aliphatic rings. The topological polar surface area (TPSA) is 63.2 Å². The first-order valence-corrected chi connectivity index (χ1v) is 10.1. The molecule has 5 heteroatoms. The van der Waals surface area contributed by atoms with Crippen LogP contribution in [0.15, 0.2) is 71.6 Å². The van der Waals surface area contributed by atoms with Crippen LogP contribution in [0.5, 0.6) is 0 Å². The first-order valence-electron chi connectivity index (χ1n) is 8.24. The number of amides is 1. The molecule has 3 aromatic carbocycles. The van der Waals surface area contributed by atoms with Crippen LogP contribution >= 0.6 is 0 Å². The molecule has 26 heavy (non-hydrogen) atoms. The summed E-state index contributed by atoms with van der Waals surface area (Å²) in [5.74, 6) is -0.267. The van der Waals surface area contributed by atoms with Gasteiger partial charge in [-0.3, -0.25) is 4.79 Å². The van der Waals surface area contributed by atoms with Gasteiger partial charge in [-0.15, -0.1) is 0 Å². The zero-order valence-electron chi connectivity index (χ0n) is 14.2. The summed E-state index contributed by atoms with van der Waals surface area (Å²) >= 11 is 0. The molecule has 0 atom stereocenters. The van der Waals surface area contributed by atoms with Gasteiger partial charge in [0.1, 0.15) is 0 Å². The lowest BCUT2D eigenvalue weighted by Gasteiger charge is -2.08. The second-order valence-electron chi connectivity index (χ2n) is 6.46. The molecule has 0 bridgehead atoms. The molecule has 0 spiro atoms. The Kier molecular flexibility index (Phi) is 3.89. The van der Waals surface area contributed by atoms with Crippen molar-refractivity contribution in [3.05, 3.63) is 83.4 Å². The van der Waals surface area contributed by atoms with Crippen LogP contribution in [0, 0.1) is 0 Å². The van der Waals surface area contributed by atoms with Crippen molar-refractivity contribution in [1.82, 2.24) is 0 Å². The van der Waals surface area contributed by atoms with Crippen LogP contribution in [0.1, 0.15) is 21.5 Å². The Balaban J connectivity index is 1.58. The van der Waals surface area contributed by atoms with E-state index in [4.69, 9.17) is 0 Å². The van der Waals surface area contributed by atoms with E-state index in [0.717, 1.165) is 23.9 Å². The third-order valence-electron chi connectivity index (χ3n) is 4.60. The standard InChI is InChI=1S/C21H17NO3S/c1-26(24,25)18-10-7-14(8-11-18)21(23)22-17-9-6-16-12-15-4-2-3-5-19(15)20(16)13-17/h2-11,13H,12H2,1H3,(H,22,23). The number of hydrogen-bond acceptors (Lipinski definition) is 3. The summed E-state index contributed by atoms with van der Waals surface area (Å²) in [6.45, 7) is 0. The maximum absolute atomic E-state index is 12.5. The van der Waals surface area contributed by atoms with E-state index in [1.54, 1.807) is 0 Å². The average molecular weight is 363 g/mol. The van der Waals surface area contributed by atoms with Gasteiger partial charge in [0.15, 0.2) is 9.84 Å². The van der Waals surface area contributed by atoms with Gasteiger partial charge in [-0.05, 0) is 65.1 Å². The van der Waals surface area contributed by atoms with Crippen molar-refractivity contribution >= 4 is 21.4 Å². The fourth-order valence-corrected chi connectivity index (χ4v) is 3.89. The predicted molar refractivity (Wildman–Crippen MR) is 102 cm³/mol. The monoisotopic (exact) mass is 363 g/mol. The molecule has 1 amide bonds. The second kappa shape index (κ2) is 6.11. The highest BCUT2D eigenvalue weighted by Gasteiger charge is 2.18. The van der Waals surface area contributed by atoms with E-state index in [1.165, 1.54) is 41.0 Å². The maximum atomic E-state index is 12.5. The Hall–Kier alpha value is -2.92. The van der Waals surface area contributed by atoms with E-state index in [0.29, 0.717) is 5.56 Å². The highest BCUT2D eigenvalue weighted by atomic mass is 32.2. The molecule has 4 rings (SSSR count). The first-order chi connectivity index (χ1) is 12.4. The molecule has 0 aliphatic heterocycles. The summed E-state index contributed by atoms with van der Waals surface area (Å²) in [5.41, 5.74) is 6.03. The van der Waals surface area contributed by atoms with E-state index < -0.39 is 9.84 Å². The van der Waals surface area contributed by atoms with Crippen LogP contribution < -0.4 is 5.32 Å². The SMILES string of the molecule is CS(=O)(=O)c1ccc(C(=O)Nc2ccc3c(c2)-c2ccccc2C3)cc1. The van der Waals surface area contributed by atoms with E-state index in [1.807, 2.05) is 30.3 Å². The molecule has 0 saturated carbocycles. The van der Waals surface area contributed by atoms with Crippen LogP contribution in [-0.4, -0.2) is 20.6 Å². The fourth-order valence-electron chi connectivity index (χ4n) is 3.26. The number of carbonyl (C=O) groups excluding carboxylic acids is 1. The van der Waals surface area contributed by atoms with Gasteiger partial charge >= 0.3 is 0 Å². The number of fused-ring (bicyclic) bond motifs is 3. The molecular formula is C21H17NO3S. The van der Waals surface area contributed by atoms with Crippen molar-refractivity contribution in [2.75, 3.05) is 11.6 Å². The van der Waals surface area contributed by atoms with Gasteiger partial charge in [0.25, 0.3) is 5.91 Å². The van der Waals surface area contributed by atoms with Gasteiger partial charge in [-0.1, -0.05) is 30.3 Å². The van der Waals surface area contributed by atoms with E-state index in [9.17, 15) is 13.2 Å². The zero-order valence-corrected chi connectivity index (χ0v) is 15.0. The zero-order chi connectivity index (χ0) is 18.3. The van der Waals surface area contributed by atoms with Crippen LogP contribution in [0.3, 0.4) is 0 Å². The number of rotatable bonds is 3. The molecule has 0 fully saturated rings. The van der Waals surface area contributed by atoms with Gasteiger partial charge in [-0.2, -0.15) is 0 Å². The lowest BCUT2D eigenvalue weighted by Crippen LogP contribution is -2.12.